The maximum atomic E-state index is 6.76. The van der Waals surface area contributed by atoms with Gasteiger partial charge in [-0.3, -0.25) is 0 Å². The highest BCUT2D eigenvalue weighted by molar-refractivity contribution is 14.1. The van der Waals surface area contributed by atoms with Crippen LogP contribution < -0.4 is 0 Å². The van der Waals surface area contributed by atoms with Gasteiger partial charge in [0.2, 0.25) is 0 Å². The van der Waals surface area contributed by atoms with E-state index in [2.05, 4.69) is 46.9 Å². The van der Waals surface area contributed by atoms with Crippen LogP contribution in [0.1, 0.15) is 44.4 Å². The highest BCUT2D eigenvalue weighted by Gasteiger charge is 2.61. The van der Waals surface area contributed by atoms with Crippen LogP contribution in [-0.2, 0) is 67.2 Å². The zero-order valence-electron chi connectivity index (χ0n) is 28.9. The summed E-state index contributed by atoms with van der Waals surface area (Å²) in [6.45, 7) is 9.13. The lowest BCUT2D eigenvalue weighted by Gasteiger charge is -2.38. The van der Waals surface area contributed by atoms with Gasteiger partial charge in [0.25, 0.3) is 0 Å². The lowest BCUT2D eigenvalue weighted by Crippen LogP contribution is -2.56. The van der Waals surface area contributed by atoms with Crippen LogP contribution in [0, 0.1) is 0 Å². The summed E-state index contributed by atoms with van der Waals surface area (Å²) in [6.07, 6.45) is -4.35. The molecular formula is C39H47IO10. The van der Waals surface area contributed by atoms with Crippen molar-refractivity contribution in [3.05, 3.63) is 108 Å². The molecule has 0 spiro atoms. The van der Waals surface area contributed by atoms with Crippen molar-refractivity contribution in [3.8, 4) is 0 Å². The third-order valence-electron chi connectivity index (χ3n) is 9.24. The number of fused-ring (bicyclic) bond motifs is 3. The molecular weight excluding hydrogens is 755 g/mol. The van der Waals surface area contributed by atoms with Gasteiger partial charge in [0.05, 0.1) is 37.0 Å². The fourth-order valence-corrected chi connectivity index (χ4v) is 7.96. The van der Waals surface area contributed by atoms with Gasteiger partial charge in [-0.25, -0.2) is 0 Å². The number of ether oxygens (including phenoxy) is 10. The molecule has 10 nitrogen and oxygen atoms in total. The average molecular weight is 803 g/mol. The van der Waals surface area contributed by atoms with Crippen molar-refractivity contribution in [2.45, 2.75) is 118 Å². The molecule has 4 fully saturated rings. The second-order valence-electron chi connectivity index (χ2n) is 14.0. The number of hydrogen-bond donors (Lipinski definition) is 0. The van der Waals surface area contributed by atoms with Crippen LogP contribution in [0.3, 0.4) is 0 Å². The summed E-state index contributed by atoms with van der Waals surface area (Å²) in [6, 6.07) is 30.4. The fourth-order valence-electron chi connectivity index (χ4n) is 6.92. The van der Waals surface area contributed by atoms with Crippen LogP contribution >= 0.6 is 22.6 Å². The smallest absolute Gasteiger partial charge is 0.190 e. The van der Waals surface area contributed by atoms with Gasteiger partial charge >= 0.3 is 0 Å². The first kappa shape index (κ1) is 36.4. The van der Waals surface area contributed by atoms with Crippen molar-refractivity contribution in [2.75, 3.05) is 13.2 Å². The highest BCUT2D eigenvalue weighted by atomic mass is 127. The minimum absolute atomic E-state index is 0.175. The van der Waals surface area contributed by atoms with Crippen LogP contribution in [0.2, 0.25) is 0 Å². The molecule has 0 radical (unpaired) electrons. The Kier molecular flexibility index (Phi) is 11.6. The van der Waals surface area contributed by atoms with E-state index < -0.39 is 60.8 Å². The summed E-state index contributed by atoms with van der Waals surface area (Å²) in [4.78, 5) is 0. The Labute approximate surface area is 308 Å². The van der Waals surface area contributed by atoms with Gasteiger partial charge in [0, 0.05) is 0 Å². The molecule has 3 aromatic carbocycles. The van der Waals surface area contributed by atoms with E-state index in [9.17, 15) is 0 Å². The molecule has 270 valence electrons. The number of alkyl halides is 1. The SMILES string of the molecule is CC1(C)O[C@H]2[C@@H](O1)[C@@H](CO[C@@H]1OC[C@@H](OCc3ccccc3)[C@H](OCc3ccccc3)[C@@H](OCc3ccccc3)[C@H]1I)O[C@@H]1OC(C)(C)O[C@@H]12. The normalized spacial score (nSPS) is 34.5. The van der Waals surface area contributed by atoms with Gasteiger partial charge in [-0.05, 0) is 44.4 Å². The van der Waals surface area contributed by atoms with Gasteiger partial charge in [0.1, 0.15) is 42.7 Å². The molecule has 7 rings (SSSR count). The van der Waals surface area contributed by atoms with Crippen LogP contribution in [0.4, 0.5) is 0 Å². The Hall–Kier alpha value is -2.01. The minimum Gasteiger partial charge on any atom is -0.369 e. The monoisotopic (exact) mass is 802 g/mol. The van der Waals surface area contributed by atoms with E-state index in [0.29, 0.717) is 19.8 Å². The summed E-state index contributed by atoms with van der Waals surface area (Å²) >= 11 is 2.38. The van der Waals surface area contributed by atoms with Crippen molar-refractivity contribution in [2.24, 2.45) is 0 Å². The number of benzene rings is 3. The maximum absolute atomic E-state index is 6.76. The Bertz CT molecular complexity index is 1490. The molecule has 0 amide bonds. The van der Waals surface area contributed by atoms with Crippen LogP contribution in [0.15, 0.2) is 91.0 Å². The molecule has 50 heavy (non-hydrogen) atoms. The quantitative estimate of drug-likeness (QED) is 0.153. The lowest BCUT2D eigenvalue weighted by atomic mass is 9.99. The number of hydrogen-bond acceptors (Lipinski definition) is 10. The lowest BCUT2D eigenvalue weighted by molar-refractivity contribution is -0.257. The predicted molar refractivity (Wildman–Crippen MR) is 191 cm³/mol. The van der Waals surface area contributed by atoms with Crippen molar-refractivity contribution in [3.63, 3.8) is 0 Å². The molecule has 0 N–H and O–H groups in total. The summed E-state index contributed by atoms with van der Waals surface area (Å²) < 4.78 is 64.4. The van der Waals surface area contributed by atoms with Crippen molar-refractivity contribution in [1.82, 2.24) is 0 Å². The van der Waals surface area contributed by atoms with Crippen LogP contribution in [-0.4, -0.2) is 84.0 Å². The topological polar surface area (TPSA) is 92.3 Å². The zero-order valence-corrected chi connectivity index (χ0v) is 31.1. The molecule has 10 atom stereocenters. The van der Waals surface area contributed by atoms with Crippen molar-refractivity contribution in [1.29, 1.82) is 0 Å². The molecule has 4 heterocycles. The fraction of sp³-hybridized carbons (Fsp3) is 0.538. The molecule has 0 bridgehead atoms. The van der Waals surface area contributed by atoms with E-state index in [0.717, 1.165) is 16.7 Å². The zero-order chi connectivity index (χ0) is 34.7. The second kappa shape index (κ2) is 15.9. The Morgan fingerprint density at radius 2 is 1.10 bits per heavy atom. The van der Waals surface area contributed by atoms with Crippen LogP contribution in [0.25, 0.3) is 0 Å². The molecule has 4 aliphatic rings. The summed E-state index contributed by atoms with van der Waals surface area (Å²) in [5.74, 6) is -1.62. The van der Waals surface area contributed by atoms with E-state index in [4.69, 9.17) is 47.4 Å². The predicted octanol–water partition coefficient (Wildman–Crippen LogP) is 6.32. The largest absolute Gasteiger partial charge is 0.369 e. The maximum Gasteiger partial charge on any atom is 0.190 e. The second-order valence-corrected chi connectivity index (χ2v) is 15.5. The third-order valence-corrected chi connectivity index (χ3v) is 10.5. The van der Waals surface area contributed by atoms with Gasteiger partial charge in [-0.1, -0.05) is 114 Å². The molecule has 0 aromatic heterocycles. The van der Waals surface area contributed by atoms with Gasteiger partial charge < -0.3 is 47.4 Å². The summed E-state index contributed by atoms with van der Waals surface area (Å²) in [5, 5.41) is 0. The van der Waals surface area contributed by atoms with E-state index in [1.165, 1.54) is 0 Å². The van der Waals surface area contributed by atoms with Crippen molar-refractivity contribution >= 4 is 22.6 Å². The molecule has 0 unspecified atom stereocenters. The van der Waals surface area contributed by atoms with E-state index in [1.807, 2.05) is 94.4 Å². The molecule has 0 aliphatic carbocycles. The highest BCUT2D eigenvalue weighted by Crippen LogP contribution is 2.44. The number of halogens is 1. The minimum atomic E-state index is -0.810. The first-order chi connectivity index (χ1) is 24.1. The van der Waals surface area contributed by atoms with Crippen molar-refractivity contribution < 1.29 is 47.4 Å². The van der Waals surface area contributed by atoms with E-state index in [-0.39, 0.29) is 23.2 Å². The van der Waals surface area contributed by atoms with Gasteiger partial charge in [-0.15, -0.1) is 0 Å². The van der Waals surface area contributed by atoms with E-state index >= 15 is 0 Å². The summed E-state index contributed by atoms with van der Waals surface area (Å²) in [5.41, 5.74) is 3.18. The Morgan fingerprint density at radius 3 is 1.70 bits per heavy atom. The molecule has 11 heteroatoms. The molecule has 3 aromatic rings. The molecule has 4 saturated heterocycles. The third kappa shape index (κ3) is 8.78. The standard InChI is InChI=1S/C39H47IO10/c1-38(2)47-32-29(46-37-35(34(32)48-38)49-39(3,4)50-37)24-45-36-30(40)33(43-22-27-18-12-7-13-19-27)31(42-21-26-16-10-6-11-17-26)28(23-44-36)41-20-25-14-8-5-9-15-25/h5-19,28-37H,20-24H2,1-4H3/t28-,29-,30-,31+,32+,33+,34+,35-,36+,37-/m1/s1. The Morgan fingerprint density at radius 1 is 0.600 bits per heavy atom. The Balaban J connectivity index is 1.12. The van der Waals surface area contributed by atoms with Crippen LogP contribution in [0.5, 0.6) is 0 Å². The van der Waals surface area contributed by atoms with Gasteiger partial charge in [0.15, 0.2) is 24.2 Å². The molecule has 0 saturated carbocycles. The molecule has 4 aliphatic heterocycles. The average Bonchev–Trinajstić information content (AvgIpc) is 3.58. The first-order valence-corrected chi connectivity index (χ1v) is 18.6. The number of rotatable bonds is 12. The summed E-state index contributed by atoms with van der Waals surface area (Å²) in [7, 11) is 0. The van der Waals surface area contributed by atoms with Gasteiger partial charge in [-0.2, -0.15) is 0 Å². The first-order valence-electron chi connectivity index (χ1n) is 17.3. The van der Waals surface area contributed by atoms with E-state index in [1.54, 1.807) is 0 Å².